The van der Waals surface area contributed by atoms with Crippen LogP contribution in [0.15, 0.2) is 23.8 Å². The minimum absolute atomic E-state index is 0.00291. The molecule has 3 fully saturated rings. The number of fused-ring (bicyclic) bond motifs is 7. The third-order valence-corrected chi connectivity index (χ3v) is 12.5. The first-order valence-electron chi connectivity index (χ1n) is 13.6. The van der Waals surface area contributed by atoms with Crippen molar-refractivity contribution in [1.82, 2.24) is 0 Å². The second-order valence-corrected chi connectivity index (χ2v) is 14.3. The Morgan fingerprint density at radius 2 is 1.68 bits per heavy atom. The molecule has 5 rings (SSSR count). The molecule has 4 heteroatoms. The van der Waals surface area contributed by atoms with Crippen LogP contribution in [0.25, 0.3) is 0 Å². The van der Waals surface area contributed by atoms with E-state index in [0.29, 0.717) is 18.3 Å². The predicted octanol–water partition coefficient (Wildman–Crippen LogP) is 4.92. The fourth-order valence-corrected chi connectivity index (χ4v) is 10.6. The molecule has 0 saturated heterocycles. The van der Waals surface area contributed by atoms with Gasteiger partial charge in [0.05, 0.1) is 12.2 Å². The third kappa shape index (κ3) is 2.69. The maximum Gasteiger partial charge on any atom is 0.161 e. The van der Waals surface area contributed by atoms with Gasteiger partial charge in [0, 0.05) is 28.8 Å². The van der Waals surface area contributed by atoms with Crippen LogP contribution < -0.4 is 0 Å². The summed E-state index contributed by atoms with van der Waals surface area (Å²) < 4.78 is 0. The maximum atomic E-state index is 12.8. The van der Waals surface area contributed by atoms with Gasteiger partial charge in [0.2, 0.25) is 0 Å². The van der Waals surface area contributed by atoms with Gasteiger partial charge in [0.15, 0.2) is 5.78 Å². The summed E-state index contributed by atoms with van der Waals surface area (Å²) in [7, 11) is 0. The van der Waals surface area contributed by atoms with Crippen LogP contribution in [0.1, 0.15) is 80.6 Å². The third-order valence-electron chi connectivity index (χ3n) is 12.5. The van der Waals surface area contributed by atoms with Crippen molar-refractivity contribution in [2.24, 2.45) is 56.7 Å². The molecular formula is C30H46O4. The minimum atomic E-state index is -0.506. The lowest BCUT2D eigenvalue weighted by Crippen LogP contribution is -2.66. The highest BCUT2D eigenvalue weighted by molar-refractivity contribution is 5.96. The molecule has 0 spiro atoms. The van der Waals surface area contributed by atoms with Crippen molar-refractivity contribution in [3.63, 3.8) is 0 Å². The average molecular weight is 471 g/mol. The van der Waals surface area contributed by atoms with E-state index in [9.17, 15) is 20.1 Å². The zero-order chi connectivity index (χ0) is 25.1. The van der Waals surface area contributed by atoms with E-state index in [-0.39, 0.29) is 51.8 Å². The zero-order valence-corrected chi connectivity index (χ0v) is 22.3. The van der Waals surface area contributed by atoms with Gasteiger partial charge < -0.3 is 15.3 Å². The summed E-state index contributed by atoms with van der Waals surface area (Å²) in [6.45, 7) is 15.7. The summed E-state index contributed by atoms with van der Waals surface area (Å²) in [6.07, 6.45) is 9.44. The van der Waals surface area contributed by atoms with E-state index in [2.05, 4.69) is 46.8 Å². The first kappa shape index (κ1) is 24.7. The second-order valence-electron chi connectivity index (χ2n) is 14.3. The van der Waals surface area contributed by atoms with Crippen LogP contribution in [0.2, 0.25) is 0 Å². The number of hydrogen-bond donors (Lipinski definition) is 3. The summed E-state index contributed by atoms with van der Waals surface area (Å²) in [5, 5.41) is 34.1. The van der Waals surface area contributed by atoms with Gasteiger partial charge in [-0.2, -0.15) is 0 Å². The molecular weight excluding hydrogens is 424 g/mol. The van der Waals surface area contributed by atoms with Crippen molar-refractivity contribution in [1.29, 1.82) is 0 Å². The first-order valence-corrected chi connectivity index (χ1v) is 13.6. The quantitative estimate of drug-likeness (QED) is 0.501. The van der Waals surface area contributed by atoms with Gasteiger partial charge in [-0.3, -0.25) is 4.79 Å². The molecule has 0 radical (unpaired) electrons. The molecule has 0 aromatic rings. The SMILES string of the molecule is CC(C)[C@@H]1C[C@@H](O)[C@H]2[C@@]1(CO)CC[C@@]1(C)[C@H]3C(=CC[C@]21C)[C@]1(C)C=CC(=O)C(C)(C)[C@@H]1C[C@@H]3O. The Hall–Kier alpha value is -0.970. The second kappa shape index (κ2) is 7.29. The van der Waals surface area contributed by atoms with Gasteiger partial charge in [-0.1, -0.05) is 66.2 Å². The summed E-state index contributed by atoms with van der Waals surface area (Å²) in [6, 6.07) is 0. The Bertz CT molecular complexity index is 947. The number of rotatable bonds is 2. The van der Waals surface area contributed by atoms with E-state index in [0.717, 1.165) is 25.7 Å². The van der Waals surface area contributed by atoms with Crippen LogP contribution >= 0.6 is 0 Å². The van der Waals surface area contributed by atoms with E-state index in [4.69, 9.17) is 0 Å². The van der Waals surface area contributed by atoms with E-state index in [1.54, 1.807) is 6.08 Å². The molecule has 3 saturated carbocycles. The van der Waals surface area contributed by atoms with Crippen molar-refractivity contribution < 1.29 is 20.1 Å². The topological polar surface area (TPSA) is 77.8 Å². The molecule has 3 N–H and O–H groups in total. The van der Waals surface area contributed by atoms with Crippen molar-refractivity contribution in [2.75, 3.05) is 6.61 Å². The number of hydrogen-bond acceptors (Lipinski definition) is 4. The first-order chi connectivity index (χ1) is 15.7. The Balaban J connectivity index is 1.65. The lowest BCUT2D eigenvalue weighted by atomic mass is 9.35. The molecule has 0 aromatic heterocycles. The number of ketones is 1. The van der Waals surface area contributed by atoms with E-state index in [1.165, 1.54) is 5.57 Å². The molecule has 0 aromatic carbocycles. The van der Waals surface area contributed by atoms with E-state index >= 15 is 0 Å². The molecule has 0 unspecified atom stereocenters. The molecule has 0 amide bonds. The molecule has 0 bridgehead atoms. The normalized spacial score (nSPS) is 53.6. The minimum Gasteiger partial charge on any atom is -0.396 e. The molecule has 190 valence electrons. The van der Waals surface area contributed by atoms with E-state index < -0.39 is 17.6 Å². The maximum absolute atomic E-state index is 12.8. The van der Waals surface area contributed by atoms with Crippen LogP contribution in [0.3, 0.4) is 0 Å². The molecule has 5 aliphatic carbocycles. The van der Waals surface area contributed by atoms with Crippen LogP contribution in [0.4, 0.5) is 0 Å². The van der Waals surface area contributed by atoms with Gasteiger partial charge >= 0.3 is 0 Å². The lowest BCUT2D eigenvalue weighted by molar-refractivity contribution is -0.203. The van der Waals surface area contributed by atoms with Crippen LogP contribution in [-0.2, 0) is 4.79 Å². The number of aliphatic hydroxyl groups excluding tert-OH is 3. The highest BCUT2D eigenvalue weighted by atomic mass is 16.3. The molecule has 4 nitrogen and oxygen atoms in total. The number of allylic oxidation sites excluding steroid dienone is 3. The smallest absolute Gasteiger partial charge is 0.161 e. The molecule has 10 atom stereocenters. The lowest BCUT2D eigenvalue weighted by Gasteiger charge is -2.69. The fraction of sp³-hybridized carbons (Fsp3) is 0.833. The number of aliphatic hydroxyl groups is 3. The fourth-order valence-electron chi connectivity index (χ4n) is 10.6. The standard InChI is InChI=1S/C30H46O4/c1-17(2)19-14-21(33)25-29(7)11-8-18-24(28(29,6)12-13-30(19,25)16-31)20(32)15-22-26(3,4)23(34)9-10-27(18,22)5/h8-10,17,19-22,24-25,31-33H,11-16H2,1-7H3/t19-,20-,21+,22-,24-,25+,27-,28-,29+,30+/m0/s1. The van der Waals surface area contributed by atoms with Gasteiger partial charge in [-0.25, -0.2) is 0 Å². The summed E-state index contributed by atoms with van der Waals surface area (Å²) in [4.78, 5) is 12.8. The summed E-state index contributed by atoms with van der Waals surface area (Å²) in [5.41, 5.74) is -0.0795. The van der Waals surface area contributed by atoms with Crippen molar-refractivity contribution in [3.8, 4) is 0 Å². The molecule has 0 heterocycles. The van der Waals surface area contributed by atoms with Gasteiger partial charge in [-0.05, 0) is 72.7 Å². The molecule has 5 aliphatic rings. The van der Waals surface area contributed by atoms with Gasteiger partial charge in [0.1, 0.15) is 0 Å². The van der Waals surface area contributed by atoms with Gasteiger partial charge in [-0.15, -0.1) is 0 Å². The molecule has 34 heavy (non-hydrogen) atoms. The Morgan fingerprint density at radius 3 is 2.29 bits per heavy atom. The number of carbonyl (C=O) groups is 1. The Kier molecular flexibility index (Phi) is 5.30. The van der Waals surface area contributed by atoms with Crippen molar-refractivity contribution >= 4 is 5.78 Å². The summed E-state index contributed by atoms with van der Waals surface area (Å²) >= 11 is 0. The van der Waals surface area contributed by atoms with Crippen LogP contribution in [-0.4, -0.2) is 39.9 Å². The average Bonchev–Trinajstić information content (AvgIpc) is 3.08. The van der Waals surface area contributed by atoms with Crippen LogP contribution in [0, 0.1) is 56.7 Å². The Morgan fingerprint density at radius 1 is 1.00 bits per heavy atom. The zero-order valence-electron chi connectivity index (χ0n) is 22.3. The molecule has 0 aliphatic heterocycles. The van der Waals surface area contributed by atoms with Crippen molar-refractivity contribution in [3.05, 3.63) is 23.8 Å². The van der Waals surface area contributed by atoms with Crippen LogP contribution in [0.5, 0.6) is 0 Å². The van der Waals surface area contributed by atoms with Gasteiger partial charge in [0.25, 0.3) is 0 Å². The number of carbonyl (C=O) groups excluding carboxylic acids is 1. The van der Waals surface area contributed by atoms with E-state index in [1.807, 2.05) is 13.8 Å². The summed E-state index contributed by atoms with van der Waals surface area (Å²) in [5.74, 6) is 0.990. The highest BCUT2D eigenvalue weighted by Gasteiger charge is 2.72. The predicted molar refractivity (Wildman–Crippen MR) is 134 cm³/mol. The largest absolute Gasteiger partial charge is 0.396 e. The monoisotopic (exact) mass is 470 g/mol. The van der Waals surface area contributed by atoms with Crippen molar-refractivity contribution in [2.45, 2.75) is 92.8 Å². The Labute approximate surface area is 205 Å². The highest BCUT2D eigenvalue weighted by Crippen LogP contribution is 2.75.